The standard InChI is InChI=1S/C14H14O5/c1-2-10(15)14(18)19-12-7-11(16)8-5-3-4-6-9(8)13(12)17/h3-7,10,15-17H,2H2,1H3. The summed E-state index contributed by atoms with van der Waals surface area (Å²) in [5.41, 5.74) is 0. The first kappa shape index (κ1) is 13.2. The average Bonchev–Trinajstić information content (AvgIpc) is 2.43. The van der Waals surface area contributed by atoms with Gasteiger partial charge in [-0.15, -0.1) is 0 Å². The summed E-state index contributed by atoms with van der Waals surface area (Å²) in [6, 6.07) is 7.79. The van der Waals surface area contributed by atoms with Gasteiger partial charge in [0.05, 0.1) is 0 Å². The van der Waals surface area contributed by atoms with Gasteiger partial charge in [0, 0.05) is 16.8 Å². The van der Waals surface area contributed by atoms with Crippen LogP contribution in [0.25, 0.3) is 10.8 Å². The van der Waals surface area contributed by atoms with Gasteiger partial charge in [0.1, 0.15) is 5.75 Å². The molecule has 0 bridgehead atoms. The van der Waals surface area contributed by atoms with Gasteiger partial charge in [0.15, 0.2) is 17.6 Å². The fourth-order valence-electron chi connectivity index (χ4n) is 1.74. The van der Waals surface area contributed by atoms with Crippen LogP contribution in [0.5, 0.6) is 17.2 Å². The van der Waals surface area contributed by atoms with Gasteiger partial charge >= 0.3 is 5.97 Å². The number of benzene rings is 2. The van der Waals surface area contributed by atoms with E-state index < -0.39 is 12.1 Å². The van der Waals surface area contributed by atoms with Gasteiger partial charge in [-0.1, -0.05) is 31.2 Å². The summed E-state index contributed by atoms with van der Waals surface area (Å²) in [4.78, 5) is 11.5. The molecule has 0 radical (unpaired) electrons. The third-order valence-electron chi connectivity index (χ3n) is 2.83. The highest BCUT2D eigenvalue weighted by atomic mass is 16.6. The van der Waals surface area contributed by atoms with Crippen molar-refractivity contribution in [3.63, 3.8) is 0 Å². The lowest BCUT2D eigenvalue weighted by molar-refractivity contribution is -0.143. The van der Waals surface area contributed by atoms with E-state index >= 15 is 0 Å². The SMILES string of the molecule is CCC(O)C(=O)Oc1cc(O)c2ccccc2c1O. The number of phenols is 2. The Morgan fingerprint density at radius 1 is 1.26 bits per heavy atom. The van der Waals surface area contributed by atoms with Crippen LogP contribution in [0.2, 0.25) is 0 Å². The Labute approximate surface area is 109 Å². The maximum atomic E-state index is 11.5. The maximum Gasteiger partial charge on any atom is 0.340 e. The Kier molecular flexibility index (Phi) is 3.57. The van der Waals surface area contributed by atoms with Crippen molar-refractivity contribution in [2.75, 3.05) is 0 Å². The van der Waals surface area contributed by atoms with Gasteiger partial charge in [-0.25, -0.2) is 4.79 Å². The first-order valence-electron chi connectivity index (χ1n) is 5.88. The number of aromatic hydroxyl groups is 2. The van der Waals surface area contributed by atoms with Crippen LogP contribution in [0.15, 0.2) is 30.3 Å². The number of phenolic OH excluding ortho intramolecular Hbond substituents is 2. The normalized spacial score (nSPS) is 12.3. The maximum absolute atomic E-state index is 11.5. The van der Waals surface area contributed by atoms with Crippen molar-refractivity contribution >= 4 is 16.7 Å². The molecule has 0 fully saturated rings. The molecular weight excluding hydrogens is 248 g/mol. The van der Waals surface area contributed by atoms with Gasteiger partial charge in [-0.2, -0.15) is 0 Å². The minimum atomic E-state index is -1.26. The van der Waals surface area contributed by atoms with Crippen LogP contribution in [0, 0.1) is 0 Å². The Morgan fingerprint density at radius 2 is 1.89 bits per heavy atom. The second-order valence-electron chi connectivity index (χ2n) is 4.13. The van der Waals surface area contributed by atoms with Gasteiger partial charge < -0.3 is 20.1 Å². The van der Waals surface area contributed by atoms with Crippen LogP contribution in [-0.4, -0.2) is 27.4 Å². The minimum Gasteiger partial charge on any atom is -0.507 e. The molecule has 0 saturated carbocycles. The summed E-state index contributed by atoms with van der Waals surface area (Å²) >= 11 is 0. The Bertz CT molecular complexity index is 621. The largest absolute Gasteiger partial charge is 0.507 e. The van der Waals surface area contributed by atoms with Gasteiger partial charge in [0.25, 0.3) is 0 Å². The van der Waals surface area contributed by atoms with Crippen molar-refractivity contribution in [1.82, 2.24) is 0 Å². The molecule has 2 rings (SSSR count). The van der Waals surface area contributed by atoms with Crippen molar-refractivity contribution in [3.05, 3.63) is 30.3 Å². The monoisotopic (exact) mass is 262 g/mol. The quantitative estimate of drug-likeness (QED) is 0.447. The zero-order valence-corrected chi connectivity index (χ0v) is 10.3. The van der Waals surface area contributed by atoms with Crippen molar-refractivity contribution < 1.29 is 24.9 Å². The molecule has 0 aliphatic heterocycles. The number of aliphatic hydroxyl groups is 1. The lowest BCUT2D eigenvalue weighted by atomic mass is 10.1. The second-order valence-corrected chi connectivity index (χ2v) is 4.13. The number of esters is 1. The predicted molar refractivity (Wildman–Crippen MR) is 69.2 cm³/mol. The number of aliphatic hydroxyl groups excluding tert-OH is 1. The molecule has 0 spiro atoms. The number of hydrogen-bond acceptors (Lipinski definition) is 5. The number of hydrogen-bond donors (Lipinski definition) is 3. The van der Waals surface area contributed by atoms with E-state index in [0.29, 0.717) is 10.8 Å². The number of fused-ring (bicyclic) bond motifs is 1. The summed E-state index contributed by atoms with van der Waals surface area (Å²) in [5, 5.41) is 30.0. The zero-order valence-electron chi connectivity index (χ0n) is 10.3. The summed E-state index contributed by atoms with van der Waals surface area (Å²) in [5.74, 6) is -1.39. The molecular formula is C14H14O5. The molecule has 100 valence electrons. The molecule has 0 aliphatic carbocycles. The lowest BCUT2D eigenvalue weighted by Gasteiger charge is -2.12. The molecule has 1 atom stereocenters. The van der Waals surface area contributed by atoms with E-state index in [1.54, 1.807) is 31.2 Å². The van der Waals surface area contributed by atoms with E-state index in [1.165, 1.54) is 0 Å². The predicted octanol–water partition coefficient (Wildman–Crippen LogP) is 1.93. The summed E-state index contributed by atoms with van der Waals surface area (Å²) in [6.07, 6.45) is -1.05. The third-order valence-corrected chi connectivity index (χ3v) is 2.83. The summed E-state index contributed by atoms with van der Waals surface area (Å²) in [6.45, 7) is 1.63. The molecule has 2 aromatic carbocycles. The topological polar surface area (TPSA) is 87.0 Å². The van der Waals surface area contributed by atoms with Gasteiger partial charge in [-0.05, 0) is 6.42 Å². The fraction of sp³-hybridized carbons (Fsp3) is 0.214. The molecule has 0 amide bonds. The van der Waals surface area contributed by atoms with Crippen molar-refractivity contribution in [1.29, 1.82) is 0 Å². The van der Waals surface area contributed by atoms with Crippen LogP contribution in [0.4, 0.5) is 0 Å². The average molecular weight is 262 g/mol. The van der Waals surface area contributed by atoms with Crippen molar-refractivity contribution in [2.24, 2.45) is 0 Å². The highest BCUT2D eigenvalue weighted by Crippen LogP contribution is 2.40. The van der Waals surface area contributed by atoms with E-state index in [4.69, 9.17) is 4.74 Å². The molecule has 0 heterocycles. The van der Waals surface area contributed by atoms with E-state index in [0.717, 1.165) is 6.07 Å². The smallest absolute Gasteiger partial charge is 0.340 e. The van der Waals surface area contributed by atoms with Crippen LogP contribution in [0.1, 0.15) is 13.3 Å². The molecule has 5 nitrogen and oxygen atoms in total. The highest BCUT2D eigenvalue weighted by molar-refractivity contribution is 5.95. The van der Waals surface area contributed by atoms with E-state index in [2.05, 4.69) is 0 Å². The van der Waals surface area contributed by atoms with Crippen LogP contribution < -0.4 is 4.74 Å². The lowest BCUT2D eigenvalue weighted by Crippen LogP contribution is -2.24. The van der Waals surface area contributed by atoms with E-state index in [1.807, 2.05) is 0 Å². The van der Waals surface area contributed by atoms with Crippen LogP contribution in [-0.2, 0) is 4.79 Å². The minimum absolute atomic E-state index is 0.109. The Morgan fingerprint density at radius 3 is 2.53 bits per heavy atom. The number of carbonyl (C=O) groups excluding carboxylic acids is 1. The molecule has 1 unspecified atom stereocenters. The van der Waals surface area contributed by atoms with Crippen molar-refractivity contribution in [3.8, 4) is 17.2 Å². The number of ether oxygens (including phenoxy) is 1. The zero-order chi connectivity index (χ0) is 14.0. The van der Waals surface area contributed by atoms with E-state index in [9.17, 15) is 20.1 Å². The number of carbonyl (C=O) groups is 1. The molecule has 0 aromatic heterocycles. The molecule has 2 aromatic rings. The Hall–Kier alpha value is -2.27. The molecule has 5 heteroatoms. The summed E-state index contributed by atoms with van der Waals surface area (Å²) < 4.78 is 4.89. The molecule has 19 heavy (non-hydrogen) atoms. The van der Waals surface area contributed by atoms with Crippen molar-refractivity contribution in [2.45, 2.75) is 19.4 Å². The second kappa shape index (κ2) is 5.16. The first-order valence-corrected chi connectivity index (χ1v) is 5.88. The van der Waals surface area contributed by atoms with Crippen LogP contribution in [0.3, 0.4) is 0 Å². The summed E-state index contributed by atoms with van der Waals surface area (Å²) in [7, 11) is 0. The number of rotatable bonds is 3. The molecule has 0 saturated heterocycles. The highest BCUT2D eigenvalue weighted by Gasteiger charge is 2.19. The fourth-order valence-corrected chi connectivity index (χ4v) is 1.74. The van der Waals surface area contributed by atoms with Gasteiger partial charge in [-0.3, -0.25) is 0 Å². The van der Waals surface area contributed by atoms with Crippen LogP contribution >= 0.6 is 0 Å². The third kappa shape index (κ3) is 2.46. The van der Waals surface area contributed by atoms with Gasteiger partial charge in [0.2, 0.25) is 0 Å². The molecule has 3 N–H and O–H groups in total. The van der Waals surface area contributed by atoms with E-state index in [-0.39, 0.29) is 23.7 Å². The first-order chi connectivity index (χ1) is 9.04. The molecule has 0 aliphatic rings. The Balaban J connectivity index is 2.45.